The smallest absolute Gasteiger partial charge is 0.181 e. The van der Waals surface area contributed by atoms with Gasteiger partial charge < -0.3 is 15.6 Å². The molecule has 0 fully saturated rings. The highest BCUT2D eigenvalue weighted by Gasteiger charge is 2.20. The first-order valence-corrected chi connectivity index (χ1v) is 5.67. The lowest BCUT2D eigenvalue weighted by Gasteiger charge is -2.13. The first kappa shape index (κ1) is 13.0. The van der Waals surface area contributed by atoms with Crippen LogP contribution in [0.1, 0.15) is 22.8 Å². The molecule has 0 bridgehead atoms. The summed E-state index contributed by atoms with van der Waals surface area (Å²) in [4.78, 5) is 11.6. The molecule has 0 heterocycles. The summed E-state index contributed by atoms with van der Waals surface area (Å²) in [5, 5.41) is 9.86. The van der Waals surface area contributed by atoms with Gasteiger partial charge in [0, 0.05) is 4.47 Å². The van der Waals surface area contributed by atoms with Gasteiger partial charge in [0.05, 0.1) is 19.2 Å². The van der Waals surface area contributed by atoms with E-state index in [9.17, 15) is 9.90 Å². The second-order valence-electron chi connectivity index (χ2n) is 3.26. The first-order chi connectivity index (χ1) is 7.56. The molecule has 0 radical (unpaired) electrons. The maximum absolute atomic E-state index is 11.6. The number of hydrogen-bond acceptors (Lipinski definition) is 4. The van der Waals surface area contributed by atoms with E-state index in [2.05, 4.69) is 15.9 Å². The molecule has 0 saturated carbocycles. The molecule has 3 N–H and O–H groups in total. The first-order valence-electron chi connectivity index (χ1n) is 4.88. The summed E-state index contributed by atoms with van der Waals surface area (Å²) < 4.78 is 5.60. The van der Waals surface area contributed by atoms with Gasteiger partial charge in [-0.05, 0) is 34.0 Å². The molecular weight excluding hydrogens is 274 g/mol. The quantitative estimate of drug-likeness (QED) is 0.830. The van der Waals surface area contributed by atoms with E-state index in [0.29, 0.717) is 4.47 Å². The van der Waals surface area contributed by atoms with Gasteiger partial charge in [0.1, 0.15) is 0 Å². The van der Waals surface area contributed by atoms with E-state index in [-0.39, 0.29) is 29.4 Å². The lowest BCUT2D eigenvalue weighted by molar-refractivity contribution is 0.0997. The summed E-state index contributed by atoms with van der Waals surface area (Å²) in [7, 11) is 1.44. The Balaban J connectivity index is 3.49. The minimum absolute atomic E-state index is 0.150. The summed E-state index contributed by atoms with van der Waals surface area (Å²) in [5.41, 5.74) is 6.39. The number of benzene rings is 1. The Morgan fingerprint density at radius 3 is 2.69 bits per heavy atom. The van der Waals surface area contributed by atoms with Gasteiger partial charge in [-0.2, -0.15) is 0 Å². The molecule has 0 atom stereocenters. The Labute approximate surface area is 103 Å². The van der Waals surface area contributed by atoms with Crippen LogP contribution in [0.5, 0.6) is 11.5 Å². The number of methoxy groups -OCH3 is 1. The number of aromatic hydroxyl groups is 1. The zero-order valence-corrected chi connectivity index (χ0v) is 10.8. The minimum atomic E-state index is -0.321. The molecule has 1 aromatic rings. The van der Waals surface area contributed by atoms with Crippen molar-refractivity contribution < 1.29 is 14.6 Å². The summed E-state index contributed by atoms with van der Waals surface area (Å²) in [5.74, 6) is -0.197. The highest BCUT2D eigenvalue weighted by atomic mass is 79.9. The number of aryl methyl sites for hydroxylation is 1. The third-order valence-corrected chi connectivity index (χ3v) is 3.25. The van der Waals surface area contributed by atoms with E-state index in [1.165, 1.54) is 7.11 Å². The Morgan fingerprint density at radius 2 is 2.25 bits per heavy atom. The molecule has 0 aliphatic carbocycles. The molecule has 16 heavy (non-hydrogen) atoms. The van der Waals surface area contributed by atoms with Crippen molar-refractivity contribution in [2.45, 2.75) is 13.3 Å². The number of ketones is 1. The van der Waals surface area contributed by atoms with E-state index in [4.69, 9.17) is 10.5 Å². The van der Waals surface area contributed by atoms with Gasteiger partial charge >= 0.3 is 0 Å². The van der Waals surface area contributed by atoms with Crippen molar-refractivity contribution in [2.75, 3.05) is 13.7 Å². The van der Waals surface area contributed by atoms with Gasteiger partial charge in [-0.3, -0.25) is 4.79 Å². The average Bonchev–Trinajstić information content (AvgIpc) is 2.29. The molecule has 1 rings (SSSR count). The van der Waals surface area contributed by atoms with Gasteiger partial charge in [0.25, 0.3) is 0 Å². The SMILES string of the molecule is CCc1cc(OC)c(O)c(C(=O)CN)c1Br. The zero-order chi connectivity index (χ0) is 12.3. The van der Waals surface area contributed by atoms with Gasteiger partial charge in [-0.15, -0.1) is 0 Å². The minimum Gasteiger partial charge on any atom is -0.504 e. The molecule has 88 valence electrons. The summed E-state index contributed by atoms with van der Waals surface area (Å²) >= 11 is 3.31. The van der Waals surface area contributed by atoms with E-state index >= 15 is 0 Å². The molecule has 0 amide bonds. The largest absolute Gasteiger partial charge is 0.504 e. The van der Waals surface area contributed by atoms with Crippen LogP contribution in [0.15, 0.2) is 10.5 Å². The van der Waals surface area contributed by atoms with Crippen LogP contribution in [-0.4, -0.2) is 24.5 Å². The fraction of sp³-hybridized carbons (Fsp3) is 0.364. The van der Waals surface area contributed by atoms with Crippen molar-refractivity contribution in [3.8, 4) is 11.5 Å². The van der Waals surface area contributed by atoms with E-state index < -0.39 is 0 Å². The number of carbonyl (C=O) groups excluding carboxylic acids is 1. The zero-order valence-electron chi connectivity index (χ0n) is 9.21. The molecular formula is C11H14BrNO3. The van der Waals surface area contributed by atoms with E-state index in [1.54, 1.807) is 6.07 Å². The van der Waals surface area contributed by atoms with Gasteiger partial charge in [-0.1, -0.05) is 6.92 Å². The maximum atomic E-state index is 11.6. The monoisotopic (exact) mass is 287 g/mol. The van der Waals surface area contributed by atoms with Gasteiger partial charge in [-0.25, -0.2) is 0 Å². The standard InChI is InChI=1S/C11H14BrNO3/c1-3-6-4-8(16-2)11(15)9(10(6)12)7(14)5-13/h4,15H,3,5,13H2,1-2H3. The number of nitrogens with two attached hydrogens (primary N) is 1. The van der Waals surface area contributed by atoms with Gasteiger partial charge in [0.15, 0.2) is 17.3 Å². The Bertz CT molecular complexity index is 390. The number of phenols is 1. The maximum Gasteiger partial charge on any atom is 0.181 e. The van der Waals surface area contributed by atoms with Crippen molar-refractivity contribution in [3.63, 3.8) is 0 Å². The van der Waals surface area contributed by atoms with Crippen LogP contribution < -0.4 is 10.5 Å². The molecule has 0 spiro atoms. The third-order valence-electron chi connectivity index (χ3n) is 2.34. The molecule has 4 nitrogen and oxygen atoms in total. The molecule has 0 aromatic heterocycles. The van der Waals surface area contributed by atoms with E-state index in [0.717, 1.165) is 12.0 Å². The fourth-order valence-corrected chi connectivity index (χ4v) is 2.25. The van der Waals surface area contributed by atoms with E-state index in [1.807, 2.05) is 6.92 Å². The highest BCUT2D eigenvalue weighted by molar-refractivity contribution is 9.10. The molecule has 0 aliphatic rings. The lowest BCUT2D eigenvalue weighted by Crippen LogP contribution is -2.15. The predicted octanol–water partition coefficient (Wildman–Crippen LogP) is 1.87. The van der Waals surface area contributed by atoms with Crippen molar-refractivity contribution in [2.24, 2.45) is 5.73 Å². The topological polar surface area (TPSA) is 72.5 Å². The van der Waals surface area contributed by atoms with Crippen LogP contribution in [0.2, 0.25) is 0 Å². The number of rotatable bonds is 4. The Kier molecular flexibility index (Phi) is 4.32. The van der Waals surface area contributed by atoms with Crippen LogP contribution in [0, 0.1) is 0 Å². The number of phenolic OH excluding ortho intramolecular Hbond substituents is 1. The van der Waals surface area contributed by atoms with Crippen molar-refractivity contribution in [1.82, 2.24) is 0 Å². The predicted molar refractivity (Wildman–Crippen MR) is 65.1 cm³/mol. The lowest BCUT2D eigenvalue weighted by atomic mass is 10.0. The van der Waals surface area contributed by atoms with Crippen LogP contribution in [0.4, 0.5) is 0 Å². The molecule has 5 heteroatoms. The molecule has 1 aromatic carbocycles. The van der Waals surface area contributed by atoms with Crippen LogP contribution in [0.25, 0.3) is 0 Å². The average molecular weight is 288 g/mol. The van der Waals surface area contributed by atoms with Crippen LogP contribution >= 0.6 is 15.9 Å². The number of Topliss-reactive ketones (excluding diaryl/α,β-unsaturated/α-hetero) is 1. The fourth-order valence-electron chi connectivity index (χ4n) is 1.45. The van der Waals surface area contributed by atoms with Gasteiger partial charge in [0.2, 0.25) is 0 Å². The van der Waals surface area contributed by atoms with Crippen molar-refractivity contribution in [3.05, 3.63) is 21.7 Å². The van der Waals surface area contributed by atoms with Crippen LogP contribution in [0.3, 0.4) is 0 Å². The highest BCUT2D eigenvalue weighted by Crippen LogP contribution is 2.38. The molecule has 0 unspecified atom stereocenters. The third kappa shape index (κ3) is 2.20. The molecule has 0 saturated heterocycles. The number of carbonyl (C=O) groups is 1. The van der Waals surface area contributed by atoms with Crippen molar-refractivity contribution >= 4 is 21.7 Å². The molecule has 0 aliphatic heterocycles. The number of halogens is 1. The number of hydrogen-bond donors (Lipinski definition) is 2. The summed E-state index contributed by atoms with van der Waals surface area (Å²) in [6, 6.07) is 1.70. The van der Waals surface area contributed by atoms with Crippen LogP contribution in [-0.2, 0) is 6.42 Å². The number of ether oxygens (including phenoxy) is 1. The Morgan fingerprint density at radius 1 is 1.62 bits per heavy atom. The van der Waals surface area contributed by atoms with Crippen molar-refractivity contribution in [1.29, 1.82) is 0 Å². The normalized spacial score (nSPS) is 10.2. The Hall–Kier alpha value is -1.07. The second kappa shape index (κ2) is 5.32. The summed E-state index contributed by atoms with van der Waals surface area (Å²) in [6.45, 7) is 1.80. The summed E-state index contributed by atoms with van der Waals surface area (Å²) in [6.07, 6.45) is 0.724. The second-order valence-corrected chi connectivity index (χ2v) is 4.05.